The lowest BCUT2D eigenvalue weighted by molar-refractivity contribution is -0.152. The summed E-state index contributed by atoms with van der Waals surface area (Å²) in [6.07, 6.45) is 0. The molecule has 22 heavy (non-hydrogen) atoms. The van der Waals surface area contributed by atoms with E-state index in [1.807, 2.05) is 6.07 Å². The van der Waals surface area contributed by atoms with E-state index in [0.717, 1.165) is 0 Å². The van der Waals surface area contributed by atoms with Crippen LogP contribution < -0.4 is 0 Å². The van der Waals surface area contributed by atoms with Gasteiger partial charge in [-0.25, -0.2) is 4.79 Å². The van der Waals surface area contributed by atoms with Crippen molar-refractivity contribution in [1.29, 1.82) is 0 Å². The number of esters is 2. The van der Waals surface area contributed by atoms with E-state index in [1.165, 1.54) is 6.92 Å². The maximum atomic E-state index is 12.1. The molecule has 5 nitrogen and oxygen atoms in total. The monoisotopic (exact) mass is 324 g/mol. The van der Waals surface area contributed by atoms with Gasteiger partial charge in [0.2, 0.25) is 0 Å². The first-order valence-corrected chi connectivity index (χ1v) is 8.16. The third kappa shape index (κ3) is 6.22. The van der Waals surface area contributed by atoms with Crippen molar-refractivity contribution in [3.05, 3.63) is 42.5 Å². The standard InChI is InChI=1S/C16H20O5S/c1-12(2)15(17)20-9-10-21-16(18)13(3)11-22(19)14-7-5-4-6-8-14/h4-8,13H,1,9-11H2,2-3H3. The highest BCUT2D eigenvalue weighted by Gasteiger charge is 2.18. The minimum absolute atomic E-state index is 0.0219. The molecule has 1 rings (SSSR count). The average molecular weight is 324 g/mol. The second-order valence-corrected chi connectivity index (χ2v) is 6.31. The molecule has 0 saturated carbocycles. The molecule has 0 N–H and O–H groups in total. The van der Waals surface area contributed by atoms with Crippen LogP contribution in [0.1, 0.15) is 13.8 Å². The van der Waals surface area contributed by atoms with E-state index in [-0.39, 0.29) is 24.5 Å². The van der Waals surface area contributed by atoms with E-state index in [9.17, 15) is 13.8 Å². The second kappa shape index (κ2) is 9.15. The number of benzene rings is 1. The van der Waals surface area contributed by atoms with Crippen molar-refractivity contribution in [1.82, 2.24) is 0 Å². The van der Waals surface area contributed by atoms with Gasteiger partial charge in [0.05, 0.1) is 16.7 Å². The van der Waals surface area contributed by atoms with Crippen LogP contribution in [0.15, 0.2) is 47.4 Å². The van der Waals surface area contributed by atoms with E-state index in [1.54, 1.807) is 31.2 Å². The molecular formula is C16H20O5S. The van der Waals surface area contributed by atoms with Crippen molar-refractivity contribution in [2.75, 3.05) is 19.0 Å². The Labute approximate surface area is 132 Å². The summed E-state index contributed by atoms with van der Waals surface area (Å²) in [6, 6.07) is 8.94. The molecule has 0 bridgehead atoms. The van der Waals surface area contributed by atoms with Crippen molar-refractivity contribution in [3.8, 4) is 0 Å². The molecule has 1 aromatic rings. The molecule has 2 unspecified atom stereocenters. The molecule has 0 fully saturated rings. The maximum absolute atomic E-state index is 12.1. The molecule has 0 saturated heterocycles. The third-order valence-electron chi connectivity index (χ3n) is 2.72. The first-order chi connectivity index (χ1) is 10.4. The van der Waals surface area contributed by atoms with Crippen LogP contribution in [0.25, 0.3) is 0 Å². The largest absolute Gasteiger partial charge is 0.462 e. The molecule has 0 radical (unpaired) electrons. The van der Waals surface area contributed by atoms with E-state index in [2.05, 4.69) is 6.58 Å². The van der Waals surface area contributed by atoms with Gasteiger partial charge in [-0.3, -0.25) is 9.00 Å². The number of hydrogen-bond donors (Lipinski definition) is 0. The highest BCUT2D eigenvalue weighted by Crippen LogP contribution is 2.10. The minimum Gasteiger partial charge on any atom is -0.462 e. The number of rotatable bonds is 8. The topological polar surface area (TPSA) is 69.7 Å². The quantitative estimate of drug-likeness (QED) is 0.416. The molecule has 0 aliphatic heterocycles. The van der Waals surface area contributed by atoms with Gasteiger partial charge in [0, 0.05) is 16.2 Å². The van der Waals surface area contributed by atoms with Crippen LogP contribution >= 0.6 is 0 Å². The molecular weight excluding hydrogens is 304 g/mol. The van der Waals surface area contributed by atoms with Gasteiger partial charge in [0.25, 0.3) is 0 Å². The summed E-state index contributed by atoms with van der Waals surface area (Å²) in [5.41, 5.74) is 0.290. The van der Waals surface area contributed by atoms with Crippen molar-refractivity contribution in [2.24, 2.45) is 5.92 Å². The Morgan fingerprint density at radius 1 is 1.18 bits per heavy atom. The third-order valence-corrected chi connectivity index (χ3v) is 4.32. The highest BCUT2D eigenvalue weighted by molar-refractivity contribution is 7.85. The molecule has 0 spiro atoms. The Hall–Kier alpha value is -1.95. The molecule has 0 amide bonds. The zero-order chi connectivity index (χ0) is 16.5. The Morgan fingerprint density at radius 3 is 2.36 bits per heavy atom. The minimum atomic E-state index is -1.25. The molecule has 1 aromatic carbocycles. The van der Waals surface area contributed by atoms with Crippen molar-refractivity contribution in [3.63, 3.8) is 0 Å². The summed E-state index contributed by atoms with van der Waals surface area (Å²) in [5, 5.41) is 0. The molecule has 0 heterocycles. The van der Waals surface area contributed by atoms with Gasteiger partial charge in [-0.1, -0.05) is 31.7 Å². The summed E-state index contributed by atoms with van der Waals surface area (Å²) in [4.78, 5) is 23.6. The number of hydrogen-bond acceptors (Lipinski definition) is 5. The summed E-state index contributed by atoms with van der Waals surface area (Å²) in [5.74, 6) is -1.29. The molecule has 0 aliphatic carbocycles. The Kier molecular flexibility index (Phi) is 7.52. The van der Waals surface area contributed by atoms with E-state index in [0.29, 0.717) is 4.90 Å². The summed E-state index contributed by atoms with van der Waals surface area (Å²) in [7, 11) is -1.25. The van der Waals surface area contributed by atoms with Crippen LogP contribution in [0.2, 0.25) is 0 Å². The van der Waals surface area contributed by atoms with E-state index < -0.39 is 28.7 Å². The predicted octanol–water partition coefficient (Wildman–Crippen LogP) is 2.09. The molecule has 0 aromatic heterocycles. The van der Waals surface area contributed by atoms with Crippen LogP contribution in [0.5, 0.6) is 0 Å². The average Bonchev–Trinajstić information content (AvgIpc) is 2.51. The number of ether oxygens (including phenoxy) is 2. The van der Waals surface area contributed by atoms with Gasteiger partial charge in [-0.05, 0) is 19.1 Å². The highest BCUT2D eigenvalue weighted by atomic mass is 32.2. The van der Waals surface area contributed by atoms with Crippen molar-refractivity contribution >= 4 is 22.7 Å². The van der Waals surface area contributed by atoms with Crippen molar-refractivity contribution < 1.29 is 23.3 Å². The van der Waals surface area contributed by atoms with E-state index >= 15 is 0 Å². The Balaban J connectivity index is 2.32. The number of carbonyl (C=O) groups excluding carboxylic acids is 2. The lowest BCUT2D eigenvalue weighted by Crippen LogP contribution is -2.23. The van der Waals surface area contributed by atoms with Crippen LogP contribution in [0.3, 0.4) is 0 Å². The molecule has 6 heteroatoms. The van der Waals surface area contributed by atoms with Crippen molar-refractivity contribution in [2.45, 2.75) is 18.7 Å². The van der Waals surface area contributed by atoms with Gasteiger partial charge in [-0.15, -0.1) is 0 Å². The smallest absolute Gasteiger partial charge is 0.333 e. The van der Waals surface area contributed by atoms with Gasteiger partial charge >= 0.3 is 11.9 Å². The predicted molar refractivity (Wildman–Crippen MR) is 83.6 cm³/mol. The fraction of sp³-hybridized carbons (Fsp3) is 0.375. The van der Waals surface area contributed by atoms with Gasteiger partial charge < -0.3 is 9.47 Å². The van der Waals surface area contributed by atoms with Crippen LogP contribution in [-0.2, 0) is 29.9 Å². The normalized spacial score (nSPS) is 13.0. The van der Waals surface area contributed by atoms with E-state index in [4.69, 9.17) is 9.47 Å². The summed E-state index contributed by atoms with van der Waals surface area (Å²) < 4.78 is 21.9. The first-order valence-electron chi connectivity index (χ1n) is 6.84. The van der Waals surface area contributed by atoms with Crippen LogP contribution in [0, 0.1) is 5.92 Å². The zero-order valence-electron chi connectivity index (χ0n) is 12.7. The fourth-order valence-corrected chi connectivity index (χ4v) is 2.75. The van der Waals surface area contributed by atoms with Gasteiger partial charge in [-0.2, -0.15) is 0 Å². The summed E-state index contributed by atoms with van der Waals surface area (Å²) >= 11 is 0. The zero-order valence-corrected chi connectivity index (χ0v) is 13.6. The molecule has 120 valence electrons. The molecule has 0 aliphatic rings. The Bertz CT molecular complexity index is 553. The van der Waals surface area contributed by atoms with Gasteiger partial charge in [0.1, 0.15) is 13.2 Å². The summed E-state index contributed by atoms with van der Waals surface area (Å²) in [6.45, 7) is 6.59. The Morgan fingerprint density at radius 2 is 1.77 bits per heavy atom. The fourth-order valence-electron chi connectivity index (χ4n) is 1.51. The number of carbonyl (C=O) groups is 2. The van der Waals surface area contributed by atoms with Gasteiger partial charge in [0.15, 0.2) is 0 Å². The lowest BCUT2D eigenvalue weighted by Gasteiger charge is -2.11. The van der Waals surface area contributed by atoms with Crippen LogP contribution in [0.4, 0.5) is 0 Å². The van der Waals surface area contributed by atoms with Crippen LogP contribution in [-0.4, -0.2) is 35.1 Å². The molecule has 2 atom stereocenters. The SMILES string of the molecule is C=C(C)C(=O)OCCOC(=O)C(C)CS(=O)c1ccccc1. The second-order valence-electron chi connectivity index (χ2n) is 4.81. The first kappa shape index (κ1) is 18.1. The lowest BCUT2D eigenvalue weighted by atomic mass is 10.2. The maximum Gasteiger partial charge on any atom is 0.333 e.